The zero-order chi connectivity index (χ0) is 18.6. The van der Waals surface area contributed by atoms with Gasteiger partial charge in [-0.1, -0.05) is 6.07 Å². The molecule has 0 saturated carbocycles. The van der Waals surface area contributed by atoms with Crippen LogP contribution < -0.4 is 15.1 Å². The van der Waals surface area contributed by atoms with Gasteiger partial charge in [-0.25, -0.2) is 4.79 Å². The number of carbonyl (C=O) groups excluding carboxylic acids is 1. The van der Waals surface area contributed by atoms with Gasteiger partial charge in [0.1, 0.15) is 23.0 Å². The van der Waals surface area contributed by atoms with Crippen LogP contribution in [0.4, 0.5) is 0 Å². The predicted molar refractivity (Wildman–Crippen MR) is 89.4 cm³/mol. The Kier molecular flexibility index (Phi) is 5.69. The molecule has 0 aliphatic carbocycles. The van der Waals surface area contributed by atoms with E-state index >= 15 is 0 Å². The lowest BCUT2D eigenvalue weighted by molar-refractivity contribution is -0.140. The Bertz CT molecular complexity index is 823. The van der Waals surface area contributed by atoms with E-state index < -0.39 is 17.5 Å². The summed E-state index contributed by atoms with van der Waals surface area (Å²) in [6.45, 7) is 1.55. The molecule has 0 fully saturated rings. The van der Waals surface area contributed by atoms with Crippen LogP contribution in [0.15, 0.2) is 33.5 Å². The van der Waals surface area contributed by atoms with E-state index in [2.05, 4.69) is 0 Å². The van der Waals surface area contributed by atoms with E-state index in [-0.39, 0.29) is 23.5 Å². The van der Waals surface area contributed by atoms with Crippen LogP contribution in [0.5, 0.6) is 17.2 Å². The van der Waals surface area contributed by atoms with Crippen molar-refractivity contribution in [2.75, 3.05) is 21.3 Å². The Morgan fingerprint density at radius 1 is 1.20 bits per heavy atom. The topological polar surface area (TPSA) is 95.2 Å². The molecule has 0 aliphatic rings. The molecule has 1 unspecified atom stereocenters. The van der Waals surface area contributed by atoms with Crippen molar-refractivity contribution in [2.45, 2.75) is 19.3 Å². The third-order valence-corrected chi connectivity index (χ3v) is 3.85. The number of ether oxygens (including phenoxy) is 3. The van der Waals surface area contributed by atoms with Gasteiger partial charge in [0.05, 0.1) is 33.3 Å². The summed E-state index contributed by atoms with van der Waals surface area (Å²) in [5, 5.41) is 10.3. The van der Waals surface area contributed by atoms with Crippen molar-refractivity contribution >= 4 is 5.97 Å². The van der Waals surface area contributed by atoms with E-state index in [1.807, 2.05) is 0 Å². The third kappa shape index (κ3) is 3.93. The smallest absolute Gasteiger partial charge is 0.343 e. The normalized spacial score (nSPS) is 11.7. The highest BCUT2D eigenvalue weighted by Crippen LogP contribution is 2.38. The summed E-state index contributed by atoms with van der Waals surface area (Å²) in [5.41, 5.74) is -0.219. The van der Waals surface area contributed by atoms with Gasteiger partial charge in [-0.05, 0) is 13.0 Å². The monoisotopic (exact) mass is 348 g/mol. The summed E-state index contributed by atoms with van der Waals surface area (Å²) in [6.07, 6.45) is -0.166. The molecular weight excluding hydrogens is 328 g/mol. The fourth-order valence-electron chi connectivity index (χ4n) is 2.65. The van der Waals surface area contributed by atoms with Gasteiger partial charge in [0, 0.05) is 23.6 Å². The van der Waals surface area contributed by atoms with Gasteiger partial charge < -0.3 is 23.7 Å². The molecule has 0 aliphatic heterocycles. The lowest BCUT2D eigenvalue weighted by Crippen LogP contribution is -2.18. The Labute approximate surface area is 144 Å². The quantitative estimate of drug-likeness (QED) is 0.801. The molecule has 2 rings (SSSR count). The third-order valence-electron chi connectivity index (χ3n) is 3.85. The number of rotatable bonds is 6. The molecule has 7 nitrogen and oxygen atoms in total. The molecule has 7 heteroatoms. The van der Waals surface area contributed by atoms with E-state index in [1.54, 1.807) is 25.1 Å². The second-order valence-electron chi connectivity index (χ2n) is 5.38. The van der Waals surface area contributed by atoms with E-state index in [0.29, 0.717) is 17.1 Å². The molecule has 0 bridgehead atoms. The molecular formula is C18H20O7. The van der Waals surface area contributed by atoms with Crippen LogP contribution in [0, 0.1) is 6.92 Å². The van der Waals surface area contributed by atoms with Crippen molar-refractivity contribution in [2.24, 2.45) is 0 Å². The fraction of sp³-hybridized carbons (Fsp3) is 0.333. The number of hydrogen-bond acceptors (Lipinski definition) is 7. The molecule has 0 radical (unpaired) electrons. The van der Waals surface area contributed by atoms with Crippen molar-refractivity contribution in [1.82, 2.24) is 0 Å². The first-order valence-corrected chi connectivity index (χ1v) is 7.53. The molecule has 2 aromatic rings. The van der Waals surface area contributed by atoms with Crippen molar-refractivity contribution in [3.63, 3.8) is 0 Å². The number of esters is 1. The minimum atomic E-state index is -0.801. The molecule has 0 spiro atoms. The SMILES string of the molecule is COC(=O)CC(c1ccc(OC)cc1OC)c1c(O)cc(C)oc1=O. The zero-order valence-electron chi connectivity index (χ0n) is 14.5. The second-order valence-corrected chi connectivity index (χ2v) is 5.38. The van der Waals surface area contributed by atoms with Crippen LogP contribution in [0.25, 0.3) is 0 Å². The first-order chi connectivity index (χ1) is 11.9. The number of hydrogen-bond donors (Lipinski definition) is 1. The van der Waals surface area contributed by atoms with Crippen LogP contribution in [-0.2, 0) is 9.53 Å². The molecule has 1 aromatic carbocycles. The average molecular weight is 348 g/mol. The van der Waals surface area contributed by atoms with Gasteiger partial charge in [-0.2, -0.15) is 0 Å². The van der Waals surface area contributed by atoms with Crippen molar-refractivity contribution < 1.29 is 28.5 Å². The minimum absolute atomic E-state index is 0.0283. The van der Waals surface area contributed by atoms with Gasteiger partial charge in [0.15, 0.2) is 0 Å². The van der Waals surface area contributed by atoms with Crippen LogP contribution in [0.1, 0.15) is 29.2 Å². The highest BCUT2D eigenvalue weighted by molar-refractivity contribution is 5.72. The zero-order valence-corrected chi connectivity index (χ0v) is 14.5. The lowest BCUT2D eigenvalue weighted by atomic mass is 9.88. The summed E-state index contributed by atoms with van der Waals surface area (Å²) < 4.78 is 20.3. The molecule has 1 aromatic heterocycles. The number of methoxy groups -OCH3 is 3. The first-order valence-electron chi connectivity index (χ1n) is 7.53. The molecule has 1 heterocycles. The van der Waals surface area contributed by atoms with Crippen molar-refractivity contribution in [1.29, 1.82) is 0 Å². The highest BCUT2D eigenvalue weighted by Gasteiger charge is 2.28. The number of benzene rings is 1. The number of aromatic hydroxyl groups is 1. The molecule has 0 amide bonds. The predicted octanol–water partition coefficient (Wildman–Crippen LogP) is 2.37. The van der Waals surface area contributed by atoms with Crippen LogP contribution >= 0.6 is 0 Å². The Hall–Kier alpha value is -2.96. The Balaban J connectivity index is 2.66. The van der Waals surface area contributed by atoms with Gasteiger partial charge in [0.2, 0.25) is 0 Å². The minimum Gasteiger partial charge on any atom is -0.507 e. The van der Waals surface area contributed by atoms with E-state index in [0.717, 1.165) is 0 Å². The summed E-state index contributed by atoms with van der Waals surface area (Å²) in [7, 11) is 4.23. The van der Waals surface area contributed by atoms with E-state index in [1.165, 1.54) is 27.4 Å². The average Bonchev–Trinajstić information content (AvgIpc) is 2.59. The molecule has 0 saturated heterocycles. The van der Waals surface area contributed by atoms with Crippen LogP contribution in [0.3, 0.4) is 0 Å². The molecule has 1 atom stereocenters. The summed E-state index contributed by atoms with van der Waals surface area (Å²) >= 11 is 0. The van der Waals surface area contributed by atoms with Gasteiger partial charge in [-0.15, -0.1) is 0 Å². The van der Waals surface area contributed by atoms with Crippen molar-refractivity contribution in [3.8, 4) is 17.2 Å². The van der Waals surface area contributed by atoms with E-state index in [4.69, 9.17) is 18.6 Å². The Morgan fingerprint density at radius 3 is 2.48 bits per heavy atom. The number of aryl methyl sites for hydroxylation is 1. The molecule has 1 N–H and O–H groups in total. The Morgan fingerprint density at radius 2 is 1.92 bits per heavy atom. The standard InChI is InChI=1S/C18H20O7/c1-10-7-14(19)17(18(21)25-10)13(9-16(20)24-4)12-6-5-11(22-2)8-15(12)23-3/h5-8,13,19H,9H2,1-4H3. The maximum Gasteiger partial charge on any atom is 0.343 e. The van der Waals surface area contributed by atoms with Crippen LogP contribution in [0.2, 0.25) is 0 Å². The molecule has 25 heavy (non-hydrogen) atoms. The summed E-state index contributed by atoms with van der Waals surface area (Å²) in [5.74, 6) is -0.358. The second kappa shape index (κ2) is 7.74. The highest BCUT2D eigenvalue weighted by atomic mass is 16.5. The van der Waals surface area contributed by atoms with Gasteiger partial charge in [-0.3, -0.25) is 4.79 Å². The fourth-order valence-corrected chi connectivity index (χ4v) is 2.65. The largest absolute Gasteiger partial charge is 0.507 e. The maximum atomic E-state index is 12.3. The lowest BCUT2D eigenvalue weighted by Gasteiger charge is -2.20. The number of carbonyl (C=O) groups is 1. The summed E-state index contributed by atoms with van der Waals surface area (Å²) in [4.78, 5) is 24.2. The van der Waals surface area contributed by atoms with E-state index in [9.17, 15) is 14.7 Å². The van der Waals surface area contributed by atoms with Crippen LogP contribution in [-0.4, -0.2) is 32.4 Å². The van der Waals surface area contributed by atoms with Gasteiger partial charge >= 0.3 is 11.6 Å². The molecule has 134 valence electrons. The first kappa shape index (κ1) is 18.4. The van der Waals surface area contributed by atoms with Crippen molar-refractivity contribution in [3.05, 3.63) is 51.6 Å². The summed E-state index contributed by atoms with van der Waals surface area (Å²) in [6, 6.07) is 6.31. The van der Waals surface area contributed by atoms with Gasteiger partial charge in [0.25, 0.3) is 0 Å². The maximum absolute atomic E-state index is 12.3.